The molecule has 2 heterocycles. The first-order valence-electron chi connectivity index (χ1n) is 6.91. The van der Waals surface area contributed by atoms with E-state index in [2.05, 4.69) is 35.2 Å². The number of rotatable bonds is 4. The monoisotopic (exact) mass is 299 g/mol. The average Bonchev–Trinajstić information content (AvgIpc) is 2.86. The summed E-state index contributed by atoms with van der Waals surface area (Å²) < 4.78 is 6.01. The van der Waals surface area contributed by atoms with Gasteiger partial charge in [0.05, 0.1) is 5.39 Å². The Morgan fingerprint density at radius 3 is 2.62 bits per heavy atom. The molecule has 21 heavy (non-hydrogen) atoms. The van der Waals surface area contributed by atoms with E-state index in [1.807, 2.05) is 30.5 Å². The van der Waals surface area contributed by atoms with Crippen LogP contribution >= 0.6 is 11.3 Å². The van der Waals surface area contributed by atoms with Crippen LogP contribution < -0.4 is 10.1 Å². The fraction of sp³-hybridized carbons (Fsp3) is 0.250. The maximum atomic E-state index is 6.01. The van der Waals surface area contributed by atoms with Crippen LogP contribution in [0.4, 0.5) is 5.95 Å². The largest absolute Gasteiger partial charge is 0.438 e. The van der Waals surface area contributed by atoms with Crippen LogP contribution in [0.5, 0.6) is 11.6 Å². The number of hydrogen-bond donors (Lipinski definition) is 1. The van der Waals surface area contributed by atoms with Gasteiger partial charge in [-0.15, -0.1) is 11.3 Å². The standard InChI is InChI=1S/C16H17N3OS/c1-4-17-16-18-14(13-5-6-21-15(13)19-16)20-12-8-10(2)7-11(3)9-12/h5-9H,4H2,1-3H3,(H,17,18,19). The molecule has 5 heteroatoms. The second-order valence-electron chi connectivity index (χ2n) is 4.95. The molecule has 0 unspecified atom stereocenters. The Labute approximate surface area is 127 Å². The summed E-state index contributed by atoms with van der Waals surface area (Å²) in [5.74, 6) is 2.01. The van der Waals surface area contributed by atoms with Gasteiger partial charge in [0.2, 0.25) is 11.8 Å². The predicted octanol–water partition coefficient (Wildman–Crippen LogP) is 4.53. The fourth-order valence-corrected chi connectivity index (χ4v) is 3.00. The Morgan fingerprint density at radius 1 is 1.14 bits per heavy atom. The molecule has 0 saturated heterocycles. The number of ether oxygens (including phenoxy) is 1. The third-order valence-electron chi connectivity index (χ3n) is 3.03. The summed E-state index contributed by atoms with van der Waals surface area (Å²) in [5.41, 5.74) is 2.35. The zero-order chi connectivity index (χ0) is 14.8. The Hall–Kier alpha value is -2.14. The third-order valence-corrected chi connectivity index (χ3v) is 3.84. The molecule has 3 aromatic rings. The van der Waals surface area contributed by atoms with Crippen molar-refractivity contribution in [1.29, 1.82) is 0 Å². The van der Waals surface area contributed by atoms with Gasteiger partial charge < -0.3 is 10.1 Å². The van der Waals surface area contributed by atoms with Gasteiger partial charge in [-0.1, -0.05) is 6.07 Å². The van der Waals surface area contributed by atoms with Crippen LogP contribution in [-0.2, 0) is 0 Å². The SMILES string of the molecule is CCNc1nc(Oc2cc(C)cc(C)c2)c2ccsc2n1. The second-order valence-corrected chi connectivity index (χ2v) is 5.84. The zero-order valence-corrected chi connectivity index (χ0v) is 13.1. The van der Waals surface area contributed by atoms with Crippen molar-refractivity contribution in [3.05, 3.63) is 40.8 Å². The molecule has 0 bridgehead atoms. The van der Waals surface area contributed by atoms with Crippen LogP contribution in [0.2, 0.25) is 0 Å². The quantitative estimate of drug-likeness (QED) is 0.768. The highest BCUT2D eigenvalue weighted by Crippen LogP contribution is 2.32. The van der Waals surface area contributed by atoms with Crippen molar-refractivity contribution in [3.63, 3.8) is 0 Å². The lowest BCUT2D eigenvalue weighted by molar-refractivity contribution is 0.468. The van der Waals surface area contributed by atoms with Crippen molar-refractivity contribution in [3.8, 4) is 11.6 Å². The summed E-state index contributed by atoms with van der Waals surface area (Å²) in [5, 5.41) is 6.09. The van der Waals surface area contributed by atoms with Crippen LogP contribution in [-0.4, -0.2) is 16.5 Å². The molecular weight excluding hydrogens is 282 g/mol. The molecular formula is C16H17N3OS. The Bertz CT molecular complexity index is 762. The minimum absolute atomic E-state index is 0.599. The van der Waals surface area contributed by atoms with Crippen molar-refractivity contribution >= 4 is 27.5 Å². The molecule has 0 spiro atoms. The molecule has 0 saturated carbocycles. The summed E-state index contributed by atoms with van der Waals surface area (Å²) >= 11 is 1.59. The van der Waals surface area contributed by atoms with Gasteiger partial charge >= 0.3 is 0 Å². The van der Waals surface area contributed by atoms with E-state index >= 15 is 0 Å². The van der Waals surface area contributed by atoms with Gasteiger partial charge in [0, 0.05) is 6.54 Å². The number of aromatic nitrogens is 2. The van der Waals surface area contributed by atoms with Gasteiger partial charge in [0.15, 0.2) is 0 Å². The van der Waals surface area contributed by atoms with E-state index in [0.717, 1.165) is 22.5 Å². The van der Waals surface area contributed by atoms with Gasteiger partial charge in [0.1, 0.15) is 10.6 Å². The molecule has 0 fully saturated rings. The molecule has 3 rings (SSSR count). The number of benzene rings is 1. The van der Waals surface area contributed by atoms with E-state index in [1.165, 1.54) is 11.1 Å². The van der Waals surface area contributed by atoms with E-state index in [0.29, 0.717) is 11.8 Å². The molecule has 108 valence electrons. The lowest BCUT2D eigenvalue weighted by Gasteiger charge is -2.09. The molecule has 1 aromatic carbocycles. The van der Waals surface area contributed by atoms with Crippen LogP contribution in [0.15, 0.2) is 29.6 Å². The fourth-order valence-electron chi connectivity index (χ4n) is 2.25. The van der Waals surface area contributed by atoms with Crippen molar-refractivity contribution in [2.45, 2.75) is 20.8 Å². The second kappa shape index (κ2) is 5.69. The molecule has 0 aliphatic carbocycles. The van der Waals surface area contributed by atoms with Crippen molar-refractivity contribution in [2.24, 2.45) is 0 Å². The van der Waals surface area contributed by atoms with Crippen LogP contribution in [0.25, 0.3) is 10.2 Å². The van der Waals surface area contributed by atoms with Gasteiger partial charge in [-0.2, -0.15) is 4.98 Å². The maximum absolute atomic E-state index is 6.01. The summed E-state index contributed by atoms with van der Waals surface area (Å²) in [6.45, 7) is 6.92. The predicted molar refractivity (Wildman–Crippen MR) is 87.6 cm³/mol. The lowest BCUT2D eigenvalue weighted by atomic mass is 10.1. The van der Waals surface area contributed by atoms with Crippen molar-refractivity contribution in [2.75, 3.05) is 11.9 Å². The average molecular weight is 299 g/mol. The molecule has 0 aliphatic heterocycles. The van der Waals surface area contributed by atoms with E-state index in [4.69, 9.17) is 4.74 Å². The lowest BCUT2D eigenvalue weighted by Crippen LogP contribution is -2.03. The minimum Gasteiger partial charge on any atom is -0.438 e. The van der Waals surface area contributed by atoms with E-state index in [-0.39, 0.29) is 0 Å². The first-order chi connectivity index (χ1) is 10.2. The van der Waals surface area contributed by atoms with Gasteiger partial charge in [-0.05, 0) is 55.5 Å². The number of aryl methyl sites for hydroxylation is 2. The number of thiophene rings is 1. The number of fused-ring (bicyclic) bond motifs is 1. The third kappa shape index (κ3) is 2.97. The molecule has 2 aromatic heterocycles. The number of nitrogens with one attached hydrogen (secondary N) is 1. The molecule has 0 atom stereocenters. The van der Waals surface area contributed by atoms with Gasteiger partial charge in [-0.3, -0.25) is 0 Å². The highest BCUT2D eigenvalue weighted by Gasteiger charge is 2.11. The van der Waals surface area contributed by atoms with E-state index < -0.39 is 0 Å². The molecule has 1 N–H and O–H groups in total. The number of hydrogen-bond acceptors (Lipinski definition) is 5. The van der Waals surface area contributed by atoms with Gasteiger partial charge in [0.25, 0.3) is 0 Å². The highest BCUT2D eigenvalue weighted by molar-refractivity contribution is 7.16. The first-order valence-corrected chi connectivity index (χ1v) is 7.79. The topological polar surface area (TPSA) is 47.0 Å². The maximum Gasteiger partial charge on any atom is 0.232 e. The van der Waals surface area contributed by atoms with Crippen molar-refractivity contribution in [1.82, 2.24) is 9.97 Å². The minimum atomic E-state index is 0.599. The Balaban J connectivity index is 2.04. The summed E-state index contributed by atoms with van der Waals surface area (Å²) in [7, 11) is 0. The van der Waals surface area contributed by atoms with E-state index in [9.17, 15) is 0 Å². The summed E-state index contributed by atoms with van der Waals surface area (Å²) in [6, 6.07) is 8.14. The van der Waals surface area contributed by atoms with Gasteiger partial charge in [-0.25, -0.2) is 4.98 Å². The van der Waals surface area contributed by atoms with Crippen molar-refractivity contribution < 1.29 is 4.74 Å². The van der Waals surface area contributed by atoms with Crippen LogP contribution in [0.3, 0.4) is 0 Å². The molecule has 0 radical (unpaired) electrons. The smallest absolute Gasteiger partial charge is 0.232 e. The number of nitrogens with zero attached hydrogens (tertiary/aromatic N) is 2. The van der Waals surface area contributed by atoms with E-state index in [1.54, 1.807) is 11.3 Å². The Morgan fingerprint density at radius 2 is 1.90 bits per heavy atom. The highest BCUT2D eigenvalue weighted by atomic mass is 32.1. The zero-order valence-electron chi connectivity index (χ0n) is 12.3. The number of anilines is 1. The molecule has 0 aliphatic rings. The summed E-state index contributed by atoms with van der Waals surface area (Å²) in [6.07, 6.45) is 0. The van der Waals surface area contributed by atoms with Crippen LogP contribution in [0, 0.1) is 13.8 Å². The molecule has 4 nitrogen and oxygen atoms in total. The molecule has 0 amide bonds. The van der Waals surface area contributed by atoms with Crippen LogP contribution in [0.1, 0.15) is 18.1 Å². The summed E-state index contributed by atoms with van der Waals surface area (Å²) in [4.78, 5) is 9.89. The normalized spacial score (nSPS) is 10.8. The Kier molecular flexibility index (Phi) is 3.75. The first kappa shape index (κ1) is 13.8.